The van der Waals surface area contributed by atoms with E-state index in [0.717, 1.165) is 15.4 Å². The summed E-state index contributed by atoms with van der Waals surface area (Å²) in [6.07, 6.45) is 0. The predicted molar refractivity (Wildman–Crippen MR) is 87.3 cm³/mol. The molecule has 0 radical (unpaired) electrons. The van der Waals surface area contributed by atoms with Crippen LogP contribution in [0.2, 0.25) is 0 Å². The molecule has 1 saturated heterocycles. The maximum absolute atomic E-state index is 12.8. The van der Waals surface area contributed by atoms with Crippen molar-refractivity contribution < 1.29 is 13.2 Å². The molecular weight excluding hydrogens is 312 g/mol. The maximum Gasteiger partial charge on any atom is 0.266 e. The fourth-order valence-corrected chi connectivity index (χ4v) is 4.04. The van der Waals surface area contributed by atoms with Gasteiger partial charge in [0.25, 0.3) is 15.9 Å². The Bertz CT molecular complexity index is 801. The number of piperazine rings is 1. The molecule has 0 spiro atoms. The molecule has 0 aliphatic carbocycles. The number of rotatable bonds is 3. The summed E-state index contributed by atoms with van der Waals surface area (Å²) in [6.45, 7) is 2.45. The van der Waals surface area contributed by atoms with Crippen molar-refractivity contribution in [1.29, 1.82) is 0 Å². The van der Waals surface area contributed by atoms with Gasteiger partial charge in [0.1, 0.15) is 6.04 Å². The Balaban J connectivity index is 1.93. The number of hydrogen-bond donors (Lipinski definition) is 1. The van der Waals surface area contributed by atoms with Crippen LogP contribution in [-0.2, 0) is 14.8 Å². The highest BCUT2D eigenvalue weighted by Crippen LogP contribution is 2.24. The standard InChI is InChI=1S/C17H18N2O3S/c1-13-7-9-15(10-8-13)23(21,22)19-12-11-18-16(17(19)20)14-5-3-2-4-6-14/h2-10,16,18H,11-12H2,1H3/t16-/m0/s1. The Labute approximate surface area is 136 Å². The third kappa shape index (κ3) is 3.00. The molecule has 0 bridgehead atoms. The molecule has 120 valence electrons. The first-order chi connectivity index (χ1) is 11.0. The minimum Gasteiger partial charge on any atom is -0.300 e. The van der Waals surface area contributed by atoms with E-state index in [0.29, 0.717) is 6.54 Å². The van der Waals surface area contributed by atoms with Crippen molar-refractivity contribution in [3.63, 3.8) is 0 Å². The van der Waals surface area contributed by atoms with Gasteiger partial charge in [0, 0.05) is 13.1 Å². The largest absolute Gasteiger partial charge is 0.300 e. The third-order valence-electron chi connectivity index (χ3n) is 3.90. The molecule has 1 aliphatic heterocycles. The van der Waals surface area contributed by atoms with Gasteiger partial charge in [0.05, 0.1) is 4.90 Å². The van der Waals surface area contributed by atoms with Gasteiger partial charge < -0.3 is 5.32 Å². The first-order valence-electron chi connectivity index (χ1n) is 7.42. The molecule has 0 aromatic heterocycles. The van der Waals surface area contributed by atoms with Gasteiger partial charge in [-0.1, -0.05) is 48.0 Å². The minimum atomic E-state index is -3.83. The van der Waals surface area contributed by atoms with Gasteiger partial charge in [-0.2, -0.15) is 0 Å². The maximum atomic E-state index is 12.8. The fraction of sp³-hybridized carbons (Fsp3) is 0.235. The summed E-state index contributed by atoms with van der Waals surface area (Å²) in [5, 5.41) is 3.09. The zero-order valence-electron chi connectivity index (χ0n) is 12.8. The lowest BCUT2D eigenvalue weighted by Crippen LogP contribution is -2.52. The van der Waals surface area contributed by atoms with Crippen molar-refractivity contribution in [2.75, 3.05) is 13.1 Å². The Hall–Kier alpha value is -2.18. The van der Waals surface area contributed by atoms with Crippen molar-refractivity contribution in [3.05, 3.63) is 65.7 Å². The van der Waals surface area contributed by atoms with Crippen LogP contribution in [0.4, 0.5) is 0 Å². The molecule has 5 nitrogen and oxygen atoms in total. The Kier molecular flexibility index (Phi) is 4.19. The SMILES string of the molecule is Cc1ccc(S(=O)(=O)N2CCN[C@@H](c3ccccc3)C2=O)cc1. The van der Waals surface area contributed by atoms with Crippen molar-refractivity contribution in [3.8, 4) is 0 Å². The Morgan fingerprint density at radius 2 is 1.70 bits per heavy atom. The molecule has 1 aliphatic rings. The van der Waals surface area contributed by atoms with Gasteiger partial charge in [-0.25, -0.2) is 12.7 Å². The van der Waals surface area contributed by atoms with Crippen LogP contribution in [0.3, 0.4) is 0 Å². The number of nitrogens with zero attached hydrogens (tertiary/aromatic N) is 1. The van der Waals surface area contributed by atoms with Crippen LogP contribution < -0.4 is 5.32 Å². The number of sulfonamides is 1. The first-order valence-corrected chi connectivity index (χ1v) is 8.86. The second-order valence-electron chi connectivity index (χ2n) is 5.53. The highest BCUT2D eigenvalue weighted by atomic mass is 32.2. The number of benzene rings is 2. The van der Waals surface area contributed by atoms with Crippen LogP contribution in [0, 0.1) is 6.92 Å². The normalized spacial score (nSPS) is 18.9. The smallest absolute Gasteiger partial charge is 0.266 e. The molecule has 6 heteroatoms. The summed E-state index contributed by atoms with van der Waals surface area (Å²) in [6, 6.07) is 15.1. The third-order valence-corrected chi connectivity index (χ3v) is 5.71. The number of nitrogens with one attached hydrogen (secondary N) is 1. The van der Waals surface area contributed by atoms with Gasteiger partial charge in [-0.3, -0.25) is 4.79 Å². The quantitative estimate of drug-likeness (QED) is 0.933. The van der Waals surface area contributed by atoms with E-state index in [1.165, 1.54) is 12.1 Å². The van der Waals surface area contributed by atoms with Crippen LogP contribution in [0.1, 0.15) is 17.2 Å². The molecule has 1 heterocycles. The molecule has 3 rings (SSSR count). The van der Waals surface area contributed by atoms with E-state index in [9.17, 15) is 13.2 Å². The molecule has 1 N–H and O–H groups in total. The van der Waals surface area contributed by atoms with E-state index in [4.69, 9.17) is 0 Å². The molecule has 0 unspecified atom stereocenters. The molecule has 23 heavy (non-hydrogen) atoms. The fourth-order valence-electron chi connectivity index (χ4n) is 2.63. The summed E-state index contributed by atoms with van der Waals surface area (Å²) in [5.74, 6) is -0.442. The van der Waals surface area contributed by atoms with Crippen molar-refractivity contribution in [2.24, 2.45) is 0 Å². The molecule has 0 saturated carbocycles. The van der Waals surface area contributed by atoms with Crippen LogP contribution in [0.15, 0.2) is 59.5 Å². The number of carbonyl (C=O) groups excluding carboxylic acids is 1. The molecule has 2 aromatic carbocycles. The molecule has 1 amide bonds. The number of hydrogen-bond acceptors (Lipinski definition) is 4. The molecule has 1 fully saturated rings. The minimum absolute atomic E-state index is 0.137. The van der Waals surface area contributed by atoms with Crippen LogP contribution in [0.25, 0.3) is 0 Å². The van der Waals surface area contributed by atoms with E-state index >= 15 is 0 Å². The van der Waals surface area contributed by atoms with Crippen molar-refractivity contribution >= 4 is 15.9 Å². The Morgan fingerprint density at radius 1 is 1.04 bits per heavy atom. The molecular formula is C17H18N2O3S. The summed E-state index contributed by atoms with van der Waals surface area (Å²) in [4.78, 5) is 12.8. The van der Waals surface area contributed by atoms with E-state index < -0.39 is 22.0 Å². The average Bonchev–Trinajstić information content (AvgIpc) is 2.56. The zero-order valence-corrected chi connectivity index (χ0v) is 13.6. The van der Waals surface area contributed by atoms with Crippen molar-refractivity contribution in [1.82, 2.24) is 9.62 Å². The topological polar surface area (TPSA) is 66.5 Å². The van der Waals surface area contributed by atoms with Crippen LogP contribution >= 0.6 is 0 Å². The number of aryl methyl sites for hydroxylation is 1. The van der Waals surface area contributed by atoms with E-state index in [1.54, 1.807) is 12.1 Å². The van der Waals surface area contributed by atoms with Crippen molar-refractivity contribution in [2.45, 2.75) is 17.9 Å². The monoisotopic (exact) mass is 330 g/mol. The highest BCUT2D eigenvalue weighted by Gasteiger charge is 2.37. The van der Waals surface area contributed by atoms with E-state index in [2.05, 4.69) is 5.32 Å². The number of amides is 1. The molecule has 1 atom stereocenters. The second-order valence-corrected chi connectivity index (χ2v) is 7.39. The van der Waals surface area contributed by atoms with E-state index in [1.807, 2.05) is 37.3 Å². The van der Waals surface area contributed by atoms with Crippen LogP contribution in [0.5, 0.6) is 0 Å². The molecule has 2 aromatic rings. The average molecular weight is 330 g/mol. The van der Waals surface area contributed by atoms with Gasteiger partial charge in [-0.05, 0) is 24.6 Å². The first kappa shape index (κ1) is 15.7. The number of carbonyl (C=O) groups is 1. The van der Waals surface area contributed by atoms with Gasteiger partial charge in [0.2, 0.25) is 0 Å². The lowest BCUT2D eigenvalue weighted by molar-refractivity contribution is -0.130. The Morgan fingerprint density at radius 3 is 2.35 bits per heavy atom. The highest BCUT2D eigenvalue weighted by molar-refractivity contribution is 7.89. The lowest BCUT2D eigenvalue weighted by Gasteiger charge is -2.32. The van der Waals surface area contributed by atoms with E-state index in [-0.39, 0.29) is 11.4 Å². The van der Waals surface area contributed by atoms with Crippen LogP contribution in [-0.4, -0.2) is 31.7 Å². The predicted octanol–water partition coefficient (Wildman–Crippen LogP) is 1.86. The van der Waals surface area contributed by atoms with Gasteiger partial charge >= 0.3 is 0 Å². The summed E-state index contributed by atoms with van der Waals surface area (Å²) in [7, 11) is -3.83. The summed E-state index contributed by atoms with van der Waals surface area (Å²) < 4.78 is 26.5. The summed E-state index contributed by atoms with van der Waals surface area (Å²) in [5.41, 5.74) is 1.74. The lowest BCUT2D eigenvalue weighted by atomic mass is 10.1. The zero-order chi connectivity index (χ0) is 16.4. The van der Waals surface area contributed by atoms with Gasteiger partial charge in [0.15, 0.2) is 0 Å². The van der Waals surface area contributed by atoms with Gasteiger partial charge in [-0.15, -0.1) is 0 Å². The second kappa shape index (κ2) is 6.14. The summed E-state index contributed by atoms with van der Waals surface area (Å²) >= 11 is 0.